The second-order valence-corrected chi connectivity index (χ2v) is 10.6. The summed E-state index contributed by atoms with van der Waals surface area (Å²) in [6, 6.07) is 7.52. The topological polar surface area (TPSA) is 95.8 Å². The van der Waals surface area contributed by atoms with Gasteiger partial charge in [-0.25, -0.2) is 13.2 Å². The van der Waals surface area contributed by atoms with Gasteiger partial charge in [0.25, 0.3) is 5.91 Å². The van der Waals surface area contributed by atoms with Crippen LogP contribution in [0.1, 0.15) is 37.8 Å². The number of aldehydes is 1. The van der Waals surface area contributed by atoms with Gasteiger partial charge in [0, 0.05) is 18.2 Å². The summed E-state index contributed by atoms with van der Waals surface area (Å²) in [5.74, 6) is -4.58. The Morgan fingerprint density at radius 3 is 2.40 bits per heavy atom. The summed E-state index contributed by atoms with van der Waals surface area (Å²) in [7, 11) is 0. The minimum absolute atomic E-state index is 0.00767. The van der Waals surface area contributed by atoms with E-state index in [9.17, 15) is 27.2 Å². The predicted molar refractivity (Wildman–Crippen MR) is 154 cm³/mol. The summed E-state index contributed by atoms with van der Waals surface area (Å²) < 4.78 is 96.6. The van der Waals surface area contributed by atoms with Crippen molar-refractivity contribution in [2.45, 2.75) is 38.4 Å². The van der Waals surface area contributed by atoms with Gasteiger partial charge in [0.05, 0.1) is 35.8 Å². The van der Waals surface area contributed by atoms with Crippen molar-refractivity contribution in [2.24, 2.45) is 0 Å². The SMILES string of the molecule is CC1(C)C(=O)N(c2ccc(C#N)c(C(F)(F)F)c2F)C(=S)N1c1cnc(-c2ccc(OCCCCOCC=O)c(F)c2)c(F)c1. The van der Waals surface area contributed by atoms with Gasteiger partial charge in [-0.1, -0.05) is 0 Å². The van der Waals surface area contributed by atoms with Crippen LogP contribution in [0.4, 0.5) is 37.7 Å². The van der Waals surface area contributed by atoms with Gasteiger partial charge < -0.3 is 19.2 Å². The summed E-state index contributed by atoms with van der Waals surface area (Å²) in [5.41, 5.74) is -5.56. The van der Waals surface area contributed by atoms with Gasteiger partial charge in [0.15, 0.2) is 28.3 Å². The number of amides is 1. The van der Waals surface area contributed by atoms with E-state index in [2.05, 4.69) is 4.98 Å². The zero-order valence-corrected chi connectivity index (χ0v) is 24.6. The molecule has 1 fully saturated rings. The number of ether oxygens (including phenoxy) is 2. The minimum Gasteiger partial charge on any atom is -0.491 e. The lowest BCUT2D eigenvalue weighted by atomic mass is 10.0. The summed E-state index contributed by atoms with van der Waals surface area (Å²) >= 11 is 5.36. The number of hydrogen-bond acceptors (Lipinski definition) is 7. The number of alkyl halides is 3. The lowest BCUT2D eigenvalue weighted by Gasteiger charge is -2.29. The maximum atomic E-state index is 15.4. The Hall–Kier alpha value is -4.55. The van der Waals surface area contributed by atoms with Gasteiger partial charge in [-0.2, -0.15) is 18.4 Å². The molecule has 236 valence electrons. The van der Waals surface area contributed by atoms with Gasteiger partial charge in [-0.15, -0.1) is 0 Å². The van der Waals surface area contributed by atoms with Crippen LogP contribution in [0.5, 0.6) is 5.75 Å². The fourth-order valence-corrected chi connectivity index (χ4v) is 5.21. The molecule has 0 unspecified atom stereocenters. The molecular weight excluding hydrogens is 626 g/mol. The number of anilines is 2. The molecule has 15 heteroatoms. The molecule has 45 heavy (non-hydrogen) atoms. The molecule has 1 aliphatic heterocycles. The van der Waals surface area contributed by atoms with E-state index >= 15 is 8.78 Å². The Bertz CT molecular complexity index is 1690. The van der Waals surface area contributed by atoms with Gasteiger partial charge in [-0.3, -0.25) is 14.7 Å². The largest absolute Gasteiger partial charge is 0.491 e. The van der Waals surface area contributed by atoms with Crippen LogP contribution < -0.4 is 14.5 Å². The molecule has 4 rings (SSSR count). The standard InChI is InChI=1S/C30H24F6N4O4S/c1-29(2)27(42)39(22-7-5-18(15-37)24(25(22)33)30(34,35)36)28(45)40(29)19-14-21(32)26(38-16-19)17-6-8-23(20(31)13-17)44-11-4-3-10-43-12-9-41/h5-9,13-14,16H,3-4,10-12H2,1-2H3. The van der Waals surface area contributed by atoms with Crippen LogP contribution in [-0.4, -0.2) is 47.6 Å². The molecule has 0 spiro atoms. The molecule has 0 N–H and O–H groups in total. The monoisotopic (exact) mass is 650 g/mol. The van der Waals surface area contributed by atoms with Crippen LogP contribution in [0.15, 0.2) is 42.6 Å². The summed E-state index contributed by atoms with van der Waals surface area (Å²) in [4.78, 5) is 29.3. The third kappa shape index (κ3) is 6.62. The number of halogens is 6. The first kappa shape index (κ1) is 33.3. The van der Waals surface area contributed by atoms with E-state index in [1.54, 1.807) is 0 Å². The van der Waals surface area contributed by atoms with Crippen LogP contribution in [0.25, 0.3) is 11.3 Å². The molecule has 3 aromatic rings. The highest BCUT2D eigenvalue weighted by atomic mass is 32.1. The molecule has 1 aromatic heterocycles. The number of carbonyl (C=O) groups is 2. The van der Waals surface area contributed by atoms with Crippen molar-refractivity contribution in [3.8, 4) is 23.1 Å². The number of carbonyl (C=O) groups excluding carboxylic acids is 2. The number of benzene rings is 2. The Kier molecular flexibility index (Phi) is 9.79. The van der Waals surface area contributed by atoms with Gasteiger partial charge >= 0.3 is 6.18 Å². The van der Waals surface area contributed by atoms with Crippen molar-refractivity contribution < 1.29 is 45.4 Å². The molecule has 1 aliphatic rings. The second-order valence-electron chi connectivity index (χ2n) is 10.2. The number of rotatable bonds is 11. The van der Waals surface area contributed by atoms with Crippen molar-refractivity contribution >= 4 is 40.9 Å². The molecule has 0 radical (unpaired) electrons. The number of pyridine rings is 1. The van der Waals surface area contributed by atoms with Crippen LogP contribution in [0.2, 0.25) is 0 Å². The van der Waals surface area contributed by atoms with Crippen molar-refractivity contribution in [3.63, 3.8) is 0 Å². The highest BCUT2D eigenvalue weighted by molar-refractivity contribution is 7.81. The van der Waals surface area contributed by atoms with E-state index in [0.717, 1.165) is 35.4 Å². The number of nitriles is 1. The number of thiocarbonyl (C=S) groups is 1. The highest BCUT2D eigenvalue weighted by Crippen LogP contribution is 2.42. The molecular formula is C30H24F6N4O4S. The van der Waals surface area contributed by atoms with Crippen LogP contribution >= 0.6 is 12.2 Å². The average molecular weight is 651 g/mol. The first-order chi connectivity index (χ1) is 21.2. The zero-order chi connectivity index (χ0) is 33.1. The van der Waals surface area contributed by atoms with Crippen molar-refractivity contribution in [3.05, 3.63) is 71.2 Å². The number of hydrogen-bond donors (Lipinski definition) is 0. The molecule has 1 amide bonds. The summed E-state index contributed by atoms with van der Waals surface area (Å²) in [5, 5.41) is 8.60. The lowest BCUT2D eigenvalue weighted by Crippen LogP contribution is -2.44. The van der Waals surface area contributed by atoms with E-state index in [4.69, 9.17) is 27.0 Å². The fourth-order valence-electron chi connectivity index (χ4n) is 4.70. The lowest BCUT2D eigenvalue weighted by molar-refractivity contribution is -0.140. The third-order valence-corrected chi connectivity index (χ3v) is 7.22. The maximum absolute atomic E-state index is 15.4. The maximum Gasteiger partial charge on any atom is 0.420 e. The number of nitrogens with zero attached hydrogens (tertiary/aromatic N) is 4. The summed E-state index contributed by atoms with van der Waals surface area (Å²) in [6.07, 6.45) is -2.35. The van der Waals surface area contributed by atoms with Crippen LogP contribution in [0, 0.1) is 28.8 Å². The van der Waals surface area contributed by atoms with Gasteiger partial charge in [0.2, 0.25) is 0 Å². The van der Waals surface area contributed by atoms with E-state index in [1.165, 1.54) is 32.0 Å². The van der Waals surface area contributed by atoms with E-state index in [-0.39, 0.29) is 35.9 Å². The smallest absolute Gasteiger partial charge is 0.420 e. The van der Waals surface area contributed by atoms with Gasteiger partial charge in [-0.05, 0) is 69.2 Å². The fraction of sp³-hybridized carbons (Fsp3) is 0.300. The van der Waals surface area contributed by atoms with Crippen molar-refractivity contribution in [2.75, 3.05) is 29.6 Å². The van der Waals surface area contributed by atoms with Crippen molar-refractivity contribution in [1.82, 2.24) is 4.98 Å². The van der Waals surface area contributed by atoms with E-state index in [1.807, 2.05) is 0 Å². The van der Waals surface area contributed by atoms with Crippen LogP contribution in [0.3, 0.4) is 0 Å². The zero-order valence-electron chi connectivity index (χ0n) is 23.8. The molecule has 2 heterocycles. The first-order valence-electron chi connectivity index (χ1n) is 13.3. The normalized spacial score (nSPS) is 14.6. The quantitative estimate of drug-likeness (QED) is 0.103. The number of aromatic nitrogens is 1. The molecule has 0 saturated carbocycles. The molecule has 8 nitrogen and oxygen atoms in total. The third-order valence-electron chi connectivity index (χ3n) is 6.85. The summed E-state index contributed by atoms with van der Waals surface area (Å²) in [6.45, 7) is 3.22. The highest BCUT2D eigenvalue weighted by Gasteiger charge is 2.52. The van der Waals surface area contributed by atoms with Gasteiger partial charge in [0.1, 0.15) is 29.7 Å². The average Bonchev–Trinajstić information content (AvgIpc) is 3.15. The van der Waals surface area contributed by atoms with Crippen molar-refractivity contribution in [1.29, 1.82) is 5.26 Å². The number of unbranched alkanes of at least 4 members (excludes halogenated alkanes) is 1. The molecule has 0 aliphatic carbocycles. The predicted octanol–water partition coefficient (Wildman–Crippen LogP) is 6.35. The minimum atomic E-state index is -5.24. The van der Waals surface area contributed by atoms with Crippen LogP contribution in [-0.2, 0) is 20.5 Å². The first-order valence-corrected chi connectivity index (χ1v) is 13.7. The molecule has 0 atom stereocenters. The van der Waals surface area contributed by atoms with E-state index < -0.39 is 57.0 Å². The Balaban J connectivity index is 1.58. The Labute approximate surface area is 258 Å². The Morgan fingerprint density at radius 2 is 1.78 bits per heavy atom. The second kappa shape index (κ2) is 13.2. The molecule has 1 saturated heterocycles. The Morgan fingerprint density at radius 1 is 1.07 bits per heavy atom. The molecule has 2 aromatic carbocycles. The van der Waals surface area contributed by atoms with E-state index in [0.29, 0.717) is 30.6 Å². The molecule has 0 bridgehead atoms.